The molecule has 0 radical (unpaired) electrons. The van der Waals surface area contributed by atoms with Gasteiger partial charge in [-0.15, -0.1) is 0 Å². The number of benzene rings is 1. The molecule has 1 heterocycles. The number of likely N-dealkylation sites (N-methyl/N-ethyl adjacent to an activating group) is 1. The Morgan fingerprint density at radius 3 is 2.26 bits per heavy atom. The predicted octanol–water partition coefficient (Wildman–Crippen LogP) is 4.00. The molecule has 1 aromatic carbocycles. The second-order valence-corrected chi connectivity index (χ2v) is 7.32. The summed E-state index contributed by atoms with van der Waals surface area (Å²) in [7, 11) is 6.35. The summed E-state index contributed by atoms with van der Waals surface area (Å²) in [6.07, 6.45) is 13.6. The first-order valence-electron chi connectivity index (χ1n) is 8.32. The molecule has 2 heteroatoms. The van der Waals surface area contributed by atoms with E-state index in [0.717, 1.165) is 0 Å². The Labute approximate surface area is 140 Å². The van der Waals surface area contributed by atoms with Crippen LogP contribution in [0.3, 0.4) is 0 Å². The SMILES string of the molecule is CN(C)c1ccc(/C=C/C2=[N+](C)C3C=CC=CC3C2(C)C)cc1. The Morgan fingerprint density at radius 2 is 1.65 bits per heavy atom. The van der Waals surface area contributed by atoms with Gasteiger partial charge in [-0.2, -0.15) is 0 Å². The maximum atomic E-state index is 2.43. The van der Waals surface area contributed by atoms with Crippen molar-refractivity contribution in [3.63, 3.8) is 0 Å². The highest BCUT2D eigenvalue weighted by molar-refractivity contribution is 6.00. The third kappa shape index (κ3) is 2.78. The molecule has 1 aliphatic carbocycles. The number of rotatable bonds is 3. The molecule has 2 atom stereocenters. The van der Waals surface area contributed by atoms with Gasteiger partial charge in [-0.1, -0.05) is 30.4 Å². The molecule has 1 aliphatic heterocycles. The molecule has 0 amide bonds. The fourth-order valence-electron chi connectivity index (χ4n) is 3.81. The minimum absolute atomic E-state index is 0.154. The molecule has 0 aromatic heterocycles. The van der Waals surface area contributed by atoms with Crippen LogP contribution in [0.4, 0.5) is 5.69 Å². The van der Waals surface area contributed by atoms with E-state index in [1.165, 1.54) is 17.0 Å². The zero-order valence-corrected chi connectivity index (χ0v) is 14.8. The third-order valence-electron chi connectivity index (χ3n) is 5.27. The van der Waals surface area contributed by atoms with E-state index in [-0.39, 0.29) is 5.41 Å². The van der Waals surface area contributed by atoms with E-state index in [9.17, 15) is 0 Å². The van der Waals surface area contributed by atoms with E-state index in [4.69, 9.17) is 0 Å². The first kappa shape index (κ1) is 15.8. The van der Waals surface area contributed by atoms with Crippen LogP contribution in [-0.4, -0.2) is 37.5 Å². The summed E-state index contributed by atoms with van der Waals surface area (Å²) >= 11 is 0. The lowest BCUT2D eigenvalue weighted by Gasteiger charge is -2.24. The van der Waals surface area contributed by atoms with Crippen LogP contribution in [-0.2, 0) is 0 Å². The maximum Gasteiger partial charge on any atom is 0.182 e. The molecule has 0 saturated heterocycles. The van der Waals surface area contributed by atoms with Crippen molar-refractivity contribution in [3.8, 4) is 0 Å². The second-order valence-electron chi connectivity index (χ2n) is 7.32. The largest absolute Gasteiger partial charge is 0.378 e. The van der Waals surface area contributed by atoms with E-state index in [1.807, 2.05) is 0 Å². The first-order chi connectivity index (χ1) is 10.9. The minimum atomic E-state index is 0.154. The fraction of sp³-hybridized carbons (Fsp3) is 0.381. The van der Waals surface area contributed by atoms with Gasteiger partial charge in [0.1, 0.15) is 7.05 Å². The van der Waals surface area contributed by atoms with Crippen molar-refractivity contribution >= 4 is 17.5 Å². The van der Waals surface area contributed by atoms with Crippen LogP contribution in [0, 0.1) is 11.3 Å². The van der Waals surface area contributed by atoms with Gasteiger partial charge in [-0.05, 0) is 43.7 Å². The second kappa shape index (κ2) is 5.84. The lowest BCUT2D eigenvalue weighted by atomic mass is 9.73. The molecule has 2 unspecified atom stereocenters. The van der Waals surface area contributed by atoms with Crippen molar-refractivity contribution in [2.45, 2.75) is 19.9 Å². The highest BCUT2D eigenvalue weighted by atomic mass is 15.1. The van der Waals surface area contributed by atoms with Crippen LogP contribution in [0.2, 0.25) is 0 Å². The van der Waals surface area contributed by atoms with Gasteiger partial charge in [0, 0.05) is 25.9 Å². The standard InChI is InChI=1S/C21H27N2/c1-21(2)18-8-6-7-9-19(18)23(5)20(21)15-12-16-10-13-17(14-11-16)22(3)4/h6-15,18-19H,1-5H3/q+1. The normalized spacial score (nSPS) is 25.3. The minimum Gasteiger partial charge on any atom is -0.378 e. The zero-order valence-electron chi connectivity index (χ0n) is 14.8. The van der Waals surface area contributed by atoms with Crippen LogP contribution < -0.4 is 4.90 Å². The molecular weight excluding hydrogens is 280 g/mol. The summed E-state index contributed by atoms with van der Waals surface area (Å²) in [5, 5.41) is 0. The number of anilines is 1. The molecule has 120 valence electrons. The van der Waals surface area contributed by atoms with E-state index < -0.39 is 0 Å². The lowest BCUT2D eigenvalue weighted by Crippen LogP contribution is -2.30. The van der Waals surface area contributed by atoms with Crippen molar-refractivity contribution in [1.29, 1.82) is 0 Å². The average Bonchev–Trinajstić information content (AvgIpc) is 2.73. The van der Waals surface area contributed by atoms with Gasteiger partial charge < -0.3 is 4.90 Å². The van der Waals surface area contributed by atoms with Crippen LogP contribution >= 0.6 is 0 Å². The highest BCUT2D eigenvalue weighted by Gasteiger charge is 2.50. The van der Waals surface area contributed by atoms with Gasteiger partial charge in [-0.25, -0.2) is 4.58 Å². The molecular formula is C21H27N2+. The molecule has 1 aromatic rings. The molecule has 2 nitrogen and oxygen atoms in total. The van der Waals surface area contributed by atoms with Crippen molar-refractivity contribution in [3.05, 3.63) is 60.2 Å². The quantitative estimate of drug-likeness (QED) is 0.765. The van der Waals surface area contributed by atoms with E-state index in [2.05, 4.69) is 105 Å². The summed E-state index contributed by atoms with van der Waals surface area (Å²) < 4.78 is 2.43. The van der Waals surface area contributed by atoms with Crippen LogP contribution in [0.15, 0.2) is 54.6 Å². The van der Waals surface area contributed by atoms with Gasteiger partial charge in [0.15, 0.2) is 11.8 Å². The van der Waals surface area contributed by atoms with Gasteiger partial charge in [-0.3, -0.25) is 0 Å². The molecule has 0 N–H and O–H groups in total. The summed E-state index contributed by atoms with van der Waals surface area (Å²) in [5.74, 6) is 0.549. The molecule has 23 heavy (non-hydrogen) atoms. The predicted molar refractivity (Wildman–Crippen MR) is 100 cm³/mol. The van der Waals surface area contributed by atoms with Gasteiger partial charge in [0.05, 0.1) is 11.3 Å². The summed E-state index contributed by atoms with van der Waals surface area (Å²) in [6, 6.07) is 9.17. The first-order valence-corrected chi connectivity index (χ1v) is 8.32. The Hall–Kier alpha value is -2.09. The van der Waals surface area contributed by atoms with E-state index in [1.54, 1.807) is 0 Å². The Bertz CT molecular complexity index is 700. The van der Waals surface area contributed by atoms with Crippen LogP contribution in [0.5, 0.6) is 0 Å². The number of nitrogens with zero attached hydrogens (tertiary/aromatic N) is 2. The molecule has 0 bridgehead atoms. The summed E-state index contributed by atoms with van der Waals surface area (Å²) in [4.78, 5) is 2.12. The van der Waals surface area contributed by atoms with Gasteiger partial charge in [0.2, 0.25) is 0 Å². The molecule has 3 rings (SSSR count). The Kier molecular flexibility index (Phi) is 4.01. The number of hydrogen-bond acceptors (Lipinski definition) is 1. The molecule has 0 fully saturated rings. The van der Waals surface area contributed by atoms with Crippen molar-refractivity contribution in [1.82, 2.24) is 0 Å². The van der Waals surface area contributed by atoms with Crippen molar-refractivity contribution < 1.29 is 4.58 Å². The van der Waals surface area contributed by atoms with Crippen molar-refractivity contribution in [2.75, 3.05) is 26.0 Å². The molecule has 0 spiro atoms. The monoisotopic (exact) mass is 307 g/mol. The van der Waals surface area contributed by atoms with Gasteiger partial charge in [0.25, 0.3) is 0 Å². The topological polar surface area (TPSA) is 6.25 Å². The smallest absolute Gasteiger partial charge is 0.182 e. The summed E-state index contributed by atoms with van der Waals surface area (Å²) in [6.45, 7) is 4.71. The fourth-order valence-corrected chi connectivity index (χ4v) is 3.81. The number of hydrogen-bond donors (Lipinski definition) is 0. The van der Waals surface area contributed by atoms with Crippen molar-refractivity contribution in [2.24, 2.45) is 11.3 Å². The average molecular weight is 307 g/mol. The Balaban J connectivity index is 1.87. The zero-order chi connectivity index (χ0) is 16.6. The van der Waals surface area contributed by atoms with E-state index in [0.29, 0.717) is 12.0 Å². The lowest BCUT2D eigenvalue weighted by molar-refractivity contribution is -0.520. The number of fused-ring (bicyclic) bond motifs is 1. The van der Waals surface area contributed by atoms with Crippen LogP contribution in [0.25, 0.3) is 6.08 Å². The summed E-state index contributed by atoms with van der Waals surface area (Å²) in [5.41, 5.74) is 4.03. The van der Waals surface area contributed by atoms with Crippen LogP contribution in [0.1, 0.15) is 19.4 Å². The molecule has 0 saturated carbocycles. The van der Waals surface area contributed by atoms with Gasteiger partial charge >= 0.3 is 0 Å². The maximum absolute atomic E-state index is 2.43. The van der Waals surface area contributed by atoms with E-state index >= 15 is 0 Å². The molecule has 2 aliphatic rings. The highest BCUT2D eigenvalue weighted by Crippen LogP contribution is 2.41. The number of allylic oxidation sites excluding steroid dienone is 3. The third-order valence-corrected chi connectivity index (χ3v) is 5.27. The Morgan fingerprint density at radius 1 is 1.00 bits per heavy atom.